The Morgan fingerprint density at radius 3 is 2.56 bits per heavy atom. The molecule has 1 saturated heterocycles. The molecule has 1 fully saturated rings. The number of piperazine rings is 1. The number of pyridine rings is 1. The van der Waals surface area contributed by atoms with Crippen LogP contribution in [0.15, 0.2) is 51.9 Å². The molecule has 2 aromatic heterocycles. The van der Waals surface area contributed by atoms with Crippen LogP contribution in [0.4, 0.5) is 5.69 Å². The highest BCUT2D eigenvalue weighted by atomic mass is 16.5. The third kappa shape index (κ3) is 3.53. The molecule has 0 radical (unpaired) electrons. The van der Waals surface area contributed by atoms with E-state index < -0.39 is 0 Å². The lowest BCUT2D eigenvalue weighted by molar-refractivity contribution is 0.393. The Morgan fingerprint density at radius 2 is 1.89 bits per heavy atom. The Morgan fingerprint density at radius 1 is 1.15 bits per heavy atom. The molecule has 1 aliphatic rings. The number of hydrogen-bond acceptors (Lipinski definition) is 5. The van der Waals surface area contributed by atoms with Crippen molar-refractivity contribution in [3.8, 4) is 11.1 Å². The van der Waals surface area contributed by atoms with E-state index in [9.17, 15) is 4.79 Å². The normalized spacial score (nSPS) is 14.5. The van der Waals surface area contributed by atoms with Gasteiger partial charge in [0.25, 0.3) is 5.56 Å². The highest BCUT2D eigenvalue weighted by molar-refractivity contribution is 5.70. The Labute approximate surface area is 158 Å². The van der Waals surface area contributed by atoms with E-state index in [1.54, 1.807) is 4.57 Å². The lowest BCUT2D eigenvalue weighted by Crippen LogP contribution is -2.46. The van der Waals surface area contributed by atoms with Crippen LogP contribution in [0.25, 0.3) is 11.1 Å². The predicted octanol–water partition coefficient (Wildman–Crippen LogP) is 2.58. The van der Waals surface area contributed by atoms with Crippen LogP contribution in [0.1, 0.15) is 17.0 Å². The standard InChI is InChI=1S/C21H24N4O2/c1-15-20(16(2)27-23-15)18-12-19(24-10-8-22-9-11-24)21(26)25(14-18)13-17-6-4-3-5-7-17/h3-7,12,14,22H,8-11,13H2,1-2H3. The molecule has 0 atom stereocenters. The number of aromatic nitrogens is 2. The zero-order valence-corrected chi connectivity index (χ0v) is 15.7. The van der Waals surface area contributed by atoms with Gasteiger partial charge in [-0.3, -0.25) is 4.79 Å². The average Bonchev–Trinajstić information content (AvgIpc) is 3.03. The predicted molar refractivity (Wildman–Crippen MR) is 106 cm³/mol. The third-order valence-electron chi connectivity index (χ3n) is 5.04. The summed E-state index contributed by atoms with van der Waals surface area (Å²) in [6, 6.07) is 12.0. The number of aryl methyl sites for hydroxylation is 2. The van der Waals surface area contributed by atoms with E-state index in [0.717, 1.165) is 60.0 Å². The van der Waals surface area contributed by atoms with Gasteiger partial charge in [0.1, 0.15) is 11.4 Å². The van der Waals surface area contributed by atoms with E-state index >= 15 is 0 Å². The van der Waals surface area contributed by atoms with E-state index in [1.807, 2.05) is 56.4 Å². The van der Waals surface area contributed by atoms with Crippen molar-refractivity contribution in [2.75, 3.05) is 31.1 Å². The van der Waals surface area contributed by atoms with Gasteiger partial charge < -0.3 is 19.3 Å². The quantitative estimate of drug-likeness (QED) is 0.771. The molecule has 140 valence electrons. The van der Waals surface area contributed by atoms with Crippen LogP contribution in [0.2, 0.25) is 0 Å². The van der Waals surface area contributed by atoms with Crippen LogP contribution < -0.4 is 15.8 Å². The minimum absolute atomic E-state index is 0.0382. The molecule has 1 aromatic carbocycles. The summed E-state index contributed by atoms with van der Waals surface area (Å²) in [6.45, 7) is 7.80. The maximum absolute atomic E-state index is 13.2. The lowest BCUT2D eigenvalue weighted by atomic mass is 10.0. The largest absolute Gasteiger partial charge is 0.365 e. The third-order valence-corrected chi connectivity index (χ3v) is 5.04. The molecule has 1 aliphatic heterocycles. The molecule has 0 unspecified atom stereocenters. The minimum atomic E-state index is 0.0382. The van der Waals surface area contributed by atoms with Gasteiger partial charge in [-0.1, -0.05) is 35.5 Å². The van der Waals surface area contributed by atoms with Gasteiger partial charge in [0.15, 0.2) is 0 Å². The van der Waals surface area contributed by atoms with Crippen molar-refractivity contribution in [3.63, 3.8) is 0 Å². The summed E-state index contributed by atoms with van der Waals surface area (Å²) in [4.78, 5) is 15.4. The first-order valence-corrected chi connectivity index (χ1v) is 9.31. The fourth-order valence-electron chi connectivity index (χ4n) is 3.68. The van der Waals surface area contributed by atoms with Gasteiger partial charge in [0.05, 0.1) is 12.2 Å². The van der Waals surface area contributed by atoms with E-state index in [2.05, 4.69) is 15.4 Å². The summed E-state index contributed by atoms with van der Waals surface area (Å²) >= 11 is 0. The monoisotopic (exact) mass is 364 g/mol. The number of anilines is 1. The number of benzene rings is 1. The lowest BCUT2D eigenvalue weighted by Gasteiger charge is -2.29. The van der Waals surface area contributed by atoms with Crippen molar-refractivity contribution in [2.24, 2.45) is 0 Å². The number of hydrogen-bond donors (Lipinski definition) is 1. The van der Waals surface area contributed by atoms with Crippen molar-refractivity contribution < 1.29 is 4.52 Å². The van der Waals surface area contributed by atoms with Gasteiger partial charge in [-0.15, -0.1) is 0 Å². The van der Waals surface area contributed by atoms with E-state index in [4.69, 9.17) is 4.52 Å². The summed E-state index contributed by atoms with van der Waals surface area (Å²) in [7, 11) is 0. The Kier molecular flexibility index (Phi) is 4.81. The molecule has 4 rings (SSSR count). The first kappa shape index (κ1) is 17.5. The molecule has 3 heterocycles. The fourth-order valence-corrected chi connectivity index (χ4v) is 3.68. The van der Waals surface area contributed by atoms with Crippen molar-refractivity contribution in [2.45, 2.75) is 20.4 Å². The smallest absolute Gasteiger partial charge is 0.274 e. The van der Waals surface area contributed by atoms with Crippen LogP contribution in [0, 0.1) is 13.8 Å². The zero-order chi connectivity index (χ0) is 18.8. The highest BCUT2D eigenvalue weighted by Gasteiger charge is 2.20. The van der Waals surface area contributed by atoms with Gasteiger partial charge in [-0.05, 0) is 25.5 Å². The molecule has 1 N–H and O–H groups in total. The van der Waals surface area contributed by atoms with Crippen LogP contribution in [-0.4, -0.2) is 35.9 Å². The first-order chi connectivity index (χ1) is 13.1. The van der Waals surface area contributed by atoms with E-state index in [1.165, 1.54) is 0 Å². The van der Waals surface area contributed by atoms with Gasteiger partial charge in [0.2, 0.25) is 0 Å². The maximum atomic E-state index is 13.2. The van der Waals surface area contributed by atoms with Gasteiger partial charge in [-0.2, -0.15) is 0 Å². The topological polar surface area (TPSA) is 63.3 Å². The summed E-state index contributed by atoms with van der Waals surface area (Å²) in [5, 5.41) is 7.43. The summed E-state index contributed by atoms with van der Waals surface area (Å²) < 4.78 is 7.16. The van der Waals surface area contributed by atoms with Crippen LogP contribution in [0.3, 0.4) is 0 Å². The molecular weight excluding hydrogens is 340 g/mol. The highest BCUT2D eigenvalue weighted by Crippen LogP contribution is 2.28. The molecular formula is C21H24N4O2. The average molecular weight is 364 g/mol. The molecule has 6 nitrogen and oxygen atoms in total. The number of nitrogens with one attached hydrogen (secondary N) is 1. The SMILES string of the molecule is Cc1noc(C)c1-c1cc(N2CCNCC2)c(=O)n(Cc2ccccc2)c1. The molecule has 0 spiro atoms. The van der Waals surface area contributed by atoms with Crippen LogP contribution in [-0.2, 0) is 6.54 Å². The summed E-state index contributed by atoms with van der Waals surface area (Å²) in [6.07, 6.45) is 1.92. The molecule has 0 aliphatic carbocycles. The van der Waals surface area contributed by atoms with Gasteiger partial charge in [-0.25, -0.2) is 0 Å². The zero-order valence-electron chi connectivity index (χ0n) is 15.7. The minimum Gasteiger partial charge on any atom is -0.365 e. The van der Waals surface area contributed by atoms with E-state index in [-0.39, 0.29) is 5.56 Å². The number of rotatable bonds is 4. The fraction of sp³-hybridized carbons (Fsp3) is 0.333. The van der Waals surface area contributed by atoms with Crippen LogP contribution in [0.5, 0.6) is 0 Å². The van der Waals surface area contributed by atoms with Crippen LogP contribution >= 0.6 is 0 Å². The second kappa shape index (κ2) is 7.40. The first-order valence-electron chi connectivity index (χ1n) is 9.31. The second-order valence-electron chi connectivity index (χ2n) is 6.97. The molecule has 3 aromatic rings. The molecule has 0 bridgehead atoms. The van der Waals surface area contributed by atoms with E-state index in [0.29, 0.717) is 6.54 Å². The van der Waals surface area contributed by atoms with Gasteiger partial charge >= 0.3 is 0 Å². The van der Waals surface area contributed by atoms with Crippen molar-refractivity contribution >= 4 is 5.69 Å². The number of nitrogens with zero attached hydrogens (tertiary/aromatic N) is 3. The molecule has 0 saturated carbocycles. The molecule has 6 heteroatoms. The van der Waals surface area contributed by atoms with Gasteiger partial charge in [0, 0.05) is 43.5 Å². The van der Waals surface area contributed by atoms with Crippen molar-refractivity contribution in [1.82, 2.24) is 15.0 Å². The second-order valence-corrected chi connectivity index (χ2v) is 6.97. The Balaban J connectivity index is 1.84. The summed E-state index contributed by atoms with van der Waals surface area (Å²) in [5.74, 6) is 0.767. The molecule has 0 amide bonds. The summed E-state index contributed by atoms with van der Waals surface area (Å²) in [5.41, 5.74) is 4.65. The Hall–Kier alpha value is -2.86. The molecule has 27 heavy (non-hydrogen) atoms. The van der Waals surface area contributed by atoms with Crippen molar-refractivity contribution in [1.29, 1.82) is 0 Å². The Bertz CT molecular complexity index is 966. The van der Waals surface area contributed by atoms with Crippen molar-refractivity contribution in [3.05, 3.63) is 70.0 Å². The maximum Gasteiger partial charge on any atom is 0.274 e.